The smallest absolute Gasteiger partial charge is 0.306 e. The molecule has 9 N–H and O–H groups in total. The number of Topliss-reactive ketones (excluding diaryl/α,β-unsaturated/α-hetero) is 4. The molecule has 0 rings (SSSR count). The number of esters is 4. The van der Waals surface area contributed by atoms with Gasteiger partial charge in [0.25, 0.3) is 11.8 Å². The maximum atomic E-state index is 12.8. The van der Waals surface area contributed by atoms with Crippen LogP contribution >= 0.6 is 0 Å². The first-order chi connectivity index (χ1) is 36.1. The van der Waals surface area contributed by atoms with Gasteiger partial charge in [0, 0.05) is 55.6 Å². The largest absolute Gasteiger partial charge is 0.463 e. The van der Waals surface area contributed by atoms with Crippen molar-refractivity contribution < 1.29 is 86.6 Å². The van der Waals surface area contributed by atoms with Gasteiger partial charge in [-0.05, 0) is 88.1 Å². The molecule has 0 fully saturated rings. The standard InChI is InChI=1S/C50H83N9O18/c1-31(54-10)11-17-45(66)76-37(7)29-72-35(5)27-74-43(64)15-12-32(2)55-24-41(62)21-50(71,48(69)59-52)22-42(63)25-56-33(3)13-16-44(65)75-28-36(6)73-30-38(8)77-46(67)18-14-34(4)57-26-40(61)20-49(70,47(68)58-51)19-39(60)23-53-9/h35-38,53,70-71H,11-30,51-52H2,1-10H3,(H,58,68)(H,59,69). The minimum atomic E-state index is -2.51. The van der Waals surface area contributed by atoms with Gasteiger partial charge in [-0.3, -0.25) is 78.8 Å². The van der Waals surface area contributed by atoms with Crippen molar-refractivity contribution in [1.82, 2.24) is 16.2 Å². The van der Waals surface area contributed by atoms with E-state index in [0.717, 1.165) is 5.71 Å². The average molecular weight is 1100 g/mol. The van der Waals surface area contributed by atoms with Crippen LogP contribution in [0.1, 0.15) is 132 Å². The highest BCUT2D eigenvalue weighted by molar-refractivity contribution is 5.99. The molecule has 27 nitrogen and oxygen atoms in total. The lowest BCUT2D eigenvalue weighted by Crippen LogP contribution is -2.52. The van der Waals surface area contributed by atoms with Crippen LogP contribution in [0, 0.1) is 0 Å². The lowest BCUT2D eigenvalue weighted by atomic mass is 9.90. The minimum absolute atomic E-state index is 0.0232. The summed E-state index contributed by atoms with van der Waals surface area (Å²) in [5.74, 6) is 3.48. The number of ketones is 4. The molecule has 0 saturated heterocycles. The third-order valence-corrected chi connectivity index (χ3v) is 11.0. The molecule has 0 aromatic rings. The van der Waals surface area contributed by atoms with E-state index in [1.165, 1.54) is 7.05 Å². The number of nitrogens with two attached hydrogens (primary N) is 2. The molecule has 0 aliphatic carbocycles. The van der Waals surface area contributed by atoms with Crippen molar-refractivity contribution in [2.75, 3.05) is 66.7 Å². The number of amides is 2. The Morgan fingerprint density at radius 1 is 0.468 bits per heavy atom. The molecule has 0 heterocycles. The van der Waals surface area contributed by atoms with E-state index in [4.69, 9.17) is 40.1 Å². The van der Waals surface area contributed by atoms with E-state index in [1.54, 1.807) is 66.4 Å². The number of hydrogen-bond acceptors (Lipinski definition) is 25. The molecule has 6 unspecified atom stereocenters. The fraction of sp³-hybridized carbons (Fsp3) is 0.720. The average Bonchev–Trinajstić information content (AvgIpc) is 3.37. The molecule has 6 atom stereocenters. The summed E-state index contributed by atoms with van der Waals surface area (Å²) in [6, 6.07) is 0. The number of rotatable bonds is 42. The molecule has 0 bridgehead atoms. The van der Waals surface area contributed by atoms with Crippen LogP contribution < -0.4 is 27.9 Å². The Hall–Kier alpha value is -6.10. The first kappa shape index (κ1) is 70.9. The third kappa shape index (κ3) is 33.6. The number of ether oxygens (including phenoxy) is 6. The first-order valence-corrected chi connectivity index (χ1v) is 25.1. The van der Waals surface area contributed by atoms with Crippen LogP contribution in [-0.2, 0) is 76.4 Å². The molecule has 27 heteroatoms. The number of nitrogens with one attached hydrogen (secondary N) is 3. The molecular weight excluding hydrogens is 1010 g/mol. The Morgan fingerprint density at radius 2 is 0.779 bits per heavy atom. The predicted molar refractivity (Wildman–Crippen MR) is 281 cm³/mol. The van der Waals surface area contributed by atoms with Crippen LogP contribution in [-0.4, -0.2) is 194 Å². The Labute approximate surface area is 449 Å². The zero-order valence-electron chi connectivity index (χ0n) is 46.3. The topological polar surface area (TPSA) is 404 Å². The monoisotopic (exact) mass is 1100 g/mol. The zero-order valence-corrected chi connectivity index (χ0v) is 46.3. The number of nitrogens with zero attached hydrogens (tertiary/aromatic N) is 4. The Bertz CT molecular complexity index is 2110. The van der Waals surface area contributed by atoms with E-state index < -0.39 is 134 Å². The van der Waals surface area contributed by atoms with Crippen LogP contribution in [0.3, 0.4) is 0 Å². The van der Waals surface area contributed by atoms with Crippen molar-refractivity contribution >= 4 is 81.7 Å². The van der Waals surface area contributed by atoms with E-state index in [0.29, 0.717) is 23.6 Å². The maximum absolute atomic E-state index is 12.8. The van der Waals surface area contributed by atoms with Gasteiger partial charge in [0.2, 0.25) is 0 Å². The molecule has 0 aliphatic rings. The summed E-state index contributed by atoms with van der Waals surface area (Å²) < 4.78 is 32.4. The summed E-state index contributed by atoms with van der Waals surface area (Å²) in [6.07, 6.45) is -4.33. The van der Waals surface area contributed by atoms with Gasteiger partial charge in [-0.25, -0.2) is 11.7 Å². The summed E-state index contributed by atoms with van der Waals surface area (Å²) in [6.45, 7) is 11.6. The van der Waals surface area contributed by atoms with Crippen molar-refractivity contribution in [2.45, 2.75) is 168 Å². The van der Waals surface area contributed by atoms with Crippen LogP contribution in [0.15, 0.2) is 20.0 Å². The van der Waals surface area contributed by atoms with E-state index in [9.17, 15) is 58.2 Å². The van der Waals surface area contributed by atoms with Gasteiger partial charge in [0.05, 0.1) is 77.3 Å². The molecule has 77 heavy (non-hydrogen) atoms. The highest BCUT2D eigenvalue weighted by Crippen LogP contribution is 2.19. The number of hydrogen-bond donors (Lipinski definition) is 7. The predicted octanol–water partition coefficient (Wildman–Crippen LogP) is -0.161. The summed E-state index contributed by atoms with van der Waals surface area (Å²) in [7, 11) is 3.16. The molecular formula is C50H83N9O18. The Morgan fingerprint density at radius 3 is 1.09 bits per heavy atom. The number of carbonyl (C=O) groups excluding carboxylic acids is 10. The van der Waals surface area contributed by atoms with Gasteiger partial charge >= 0.3 is 23.9 Å². The van der Waals surface area contributed by atoms with Gasteiger partial charge in [-0.15, -0.1) is 0 Å². The van der Waals surface area contributed by atoms with Crippen LogP contribution in [0.5, 0.6) is 0 Å². The summed E-state index contributed by atoms with van der Waals surface area (Å²) >= 11 is 0. The van der Waals surface area contributed by atoms with Gasteiger partial charge in [0.1, 0.15) is 31.2 Å². The lowest BCUT2D eigenvalue weighted by Gasteiger charge is -2.24. The van der Waals surface area contributed by atoms with Crippen LogP contribution in [0.4, 0.5) is 0 Å². The van der Waals surface area contributed by atoms with Crippen molar-refractivity contribution in [1.29, 1.82) is 0 Å². The molecule has 0 aromatic heterocycles. The highest BCUT2D eigenvalue weighted by atomic mass is 16.6. The summed E-state index contributed by atoms with van der Waals surface area (Å²) in [4.78, 5) is 140. The first-order valence-electron chi connectivity index (χ1n) is 25.1. The fourth-order valence-electron chi connectivity index (χ4n) is 6.49. The van der Waals surface area contributed by atoms with Gasteiger partial charge in [-0.2, -0.15) is 0 Å². The number of aliphatic hydroxyl groups is 2. The minimum Gasteiger partial charge on any atom is -0.463 e. The van der Waals surface area contributed by atoms with Gasteiger partial charge < -0.3 is 44.0 Å². The van der Waals surface area contributed by atoms with Crippen molar-refractivity contribution in [3.05, 3.63) is 0 Å². The van der Waals surface area contributed by atoms with Crippen molar-refractivity contribution in [2.24, 2.45) is 31.7 Å². The molecule has 0 aromatic carbocycles. The Kier molecular flexibility index (Phi) is 35.4. The van der Waals surface area contributed by atoms with E-state index in [-0.39, 0.29) is 83.9 Å². The molecule has 0 radical (unpaired) electrons. The second-order valence-electron chi connectivity index (χ2n) is 18.8. The highest BCUT2D eigenvalue weighted by Gasteiger charge is 2.41. The molecule has 2 amide bonds. The Balaban J connectivity index is 4.73. The van der Waals surface area contributed by atoms with Gasteiger partial charge in [-0.1, -0.05) is 0 Å². The summed E-state index contributed by atoms with van der Waals surface area (Å²) in [5, 5.41) is 24.3. The molecule has 0 aliphatic heterocycles. The number of aliphatic imine (C=N–C) groups is 4. The van der Waals surface area contributed by atoms with E-state index in [1.807, 2.05) is 6.92 Å². The molecule has 0 saturated carbocycles. The second kappa shape index (κ2) is 38.4. The number of hydrazine groups is 2. The van der Waals surface area contributed by atoms with Crippen LogP contribution in [0.25, 0.3) is 0 Å². The van der Waals surface area contributed by atoms with Crippen molar-refractivity contribution in [3.8, 4) is 0 Å². The third-order valence-electron chi connectivity index (χ3n) is 11.0. The van der Waals surface area contributed by atoms with Crippen molar-refractivity contribution in [3.63, 3.8) is 0 Å². The molecule has 436 valence electrons. The number of carbonyl (C=O) groups is 10. The lowest BCUT2D eigenvalue weighted by molar-refractivity contribution is -0.155. The molecule has 0 spiro atoms. The fourth-order valence-corrected chi connectivity index (χ4v) is 6.49. The van der Waals surface area contributed by atoms with E-state index in [2.05, 4.69) is 25.3 Å². The number of likely N-dealkylation sites (N-methyl/N-ethyl adjacent to an activating group) is 1. The maximum Gasteiger partial charge on any atom is 0.306 e. The SMILES string of the molecule is CN=C(C)CCC(=O)OC(C)COC(C)COC(=O)CCC(C)=NCC(=O)CC(O)(CC(=O)CN=C(C)CCC(=O)OCC(C)OCC(C)OC(=O)CCC(C)=NCC(=O)CC(O)(CC(=O)CNC)C(=O)NN)C(=O)NN. The second-order valence-corrected chi connectivity index (χ2v) is 18.8. The normalized spacial score (nSPS) is 15.4. The van der Waals surface area contributed by atoms with E-state index >= 15 is 0 Å². The summed E-state index contributed by atoms with van der Waals surface area (Å²) in [5.41, 5.74) is 0.729. The quantitative estimate of drug-likeness (QED) is 0.0104. The zero-order chi connectivity index (χ0) is 58.7. The van der Waals surface area contributed by atoms with Crippen LogP contribution in [0.2, 0.25) is 0 Å². The van der Waals surface area contributed by atoms with Gasteiger partial charge in [0.15, 0.2) is 28.6 Å².